The van der Waals surface area contributed by atoms with Gasteiger partial charge in [-0.05, 0) is 0 Å². The molecule has 0 spiro atoms. The minimum atomic E-state index is 0.0139. The predicted octanol–water partition coefficient (Wildman–Crippen LogP) is 1.69. The van der Waals surface area contributed by atoms with E-state index in [-0.39, 0.29) is 15.9 Å². The van der Waals surface area contributed by atoms with Crippen LogP contribution >= 0.6 is 0 Å². The first-order chi connectivity index (χ1) is 5.21. The van der Waals surface area contributed by atoms with Crippen molar-refractivity contribution >= 4 is 15.9 Å². The van der Waals surface area contributed by atoms with Crippen LogP contribution in [0.25, 0.3) is 0 Å². The molecule has 0 unspecified atom stereocenters. The molecule has 1 aliphatic rings. The summed E-state index contributed by atoms with van der Waals surface area (Å²) in [6.07, 6.45) is 0. The fourth-order valence-corrected chi connectivity index (χ4v) is 3.25. The summed E-state index contributed by atoms with van der Waals surface area (Å²) < 4.78 is 5.22. The van der Waals surface area contributed by atoms with Crippen molar-refractivity contribution in [2.45, 2.75) is 52.6 Å². The zero-order chi connectivity index (χ0) is 9.57. The van der Waals surface area contributed by atoms with Crippen LogP contribution < -0.4 is 0 Å². The van der Waals surface area contributed by atoms with Crippen LogP contribution in [0.3, 0.4) is 0 Å². The van der Waals surface area contributed by atoms with Gasteiger partial charge in [0.15, 0.2) is 0 Å². The molecule has 0 aliphatic carbocycles. The van der Waals surface area contributed by atoms with Crippen molar-refractivity contribution in [1.82, 2.24) is 7.71 Å². The van der Waals surface area contributed by atoms with Crippen molar-refractivity contribution in [3.05, 3.63) is 0 Å². The van der Waals surface area contributed by atoms with E-state index >= 15 is 0 Å². The molecule has 0 atom stereocenters. The molecular formula is C9H20GeN2. The Morgan fingerprint density at radius 1 is 0.833 bits per heavy atom. The van der Waals surface area contributed by atoms with Crippen LogP contribution in [0.15, 0.2) is 0 Å². The van der Waals surface area contributed by atoms with Gasteiger partial charge < -0.3 is 0 Å². The van der Waals surface area contributed by atoms with Crippen LogP contribution in [-0.4, -0.2) is 41.3 Å². The first-order valence-electron chi connectivity index (χ1n) is 4.53. The van der Waals surface area contributed by atoms with Gasteiger partial charge in [0.25, 0.3) is 0 Å². The molecule has 0 amide bonds. The molecule has 0 saturated carbocycles. The van der Waals surface area contributed by atoms with Crippen LogP contribution in [-0.2, 0) is 0 Å². The fraction of sp³-hybridized carbons (Fsp3) is 1.00. The van der Waals surface area contributed by atoms with Gasteiger partial charge in [-0.25, -0.2) is 0 Å². The average Bonchev–Trinajstić information content (AvgIpc) is 1.46. The van der Waals surface area contributed by atoms with E-state index in [1.54, 1.807) is 0 Å². The summed E-state index contributed by atoms with van der Waals surface area (Å²) in [5.74, 6) is 0. The first kappa shape index (κ1) is 10.5. The topological polar surface area (TPSA) is 6.48 Å². The predicted molar refractivity (Wildman–Crippen MR) is 53.8 cm³/mol. The van der Waals surface area contributed by atoms with Gasteiger partial charge in [-0.3, -0.25) is 0 Å². The number of hydrogen-bond acceptors (Lipinski definition) is 2. The Hall–Kier alpha value is 0.463. The first-order valence-corrected chi connectivity index (χ1v) is 6.40. The van der Waals surface area contributed by atoms with Crippen LogP contribution in [0.5, 0.6) is 0 Å². The quantitative estimate of drug-likeness (QED) is 0.583. The Balaban J connectivity index is 2.39. The molecule has 0 aromatic carbocycles. The van der Waals surface area contributed by atoms with Crippen LogP contribution in [0.4, 0.5) is 0 Å². The molecule has 3 heteroatoms. The molecule has 1 rings (SSSR count). The van der Waals surface area contributed by atoms with Crippen molar-refractivity contribution < 1.29 is 0 Å². The molecule has 0 aromatic rings. The molecule has 0 aromatic heterocycles. The molecule has 1 aliphatic heterocycles. The summed E-state index contributed by atoms with van der Waals surface area (Å²) in [6, 6.07) is 0. The van der Waals surface area contributed by atoms with Crippen LogP contribution in [0, 0.1) is 0 Å². The third kappa shape index (κ3) is 2.24. The van der Waals surface area contributed by atoms with Gasteiger partial charge in [-0.1, -0.05) is 0 Å². The van der Waals surface area contributed by atoms with Crippen molar-refractivity contribution in [3.8, 4) is 0 Å². The molecule has 1 heterocycles. The third-order valence-electron chi connectivity index (χ3n) is 2.14. The normalized spacial score (nSPS) is 22.5. The summed E-state index contributed by atoms with van der Waals surface area (Å²) in [5.41, 5.74) is 0.781. The zero-order valence-corrected chi connectivity index (χ0v) is 11.2. The molecule has 2 nitrogen and oxygen atoms in total. The minimum absolute atomic E-state index is 0.0139. The van der Waals surface area contributed by atoms with Gasteiger partial charge in [0.2, 0.25) is 0 Å². The monoisotopic (exact) mass is 230 g/mol. The Kier molecular flexibility index (Phi) is 2.63. The van der Waals surface area contributed by atoms with Gasteiger partial charge in [-0.15, -0.1) is 0 Å². The van der Waals surface area contributed by atoms with Crippen molar-refractivity contribution in [3.63, 3.8) is 0 Å². The van der Waals surface area contributed by atoms with E-state index in [1.165, 1.54) is 6.67 Å². The Labute approximate surface area is 83.2 Å². The molecule has 12 heavy (non-hydrogen) atoms. The maximum atomic E-state index is 2.61. The van der Waals surface area contributed by atoms with E-state index in [9.17, 15) is 0 Å². The summed E-state index contributed by atoms with van der Waals surface area (Å²) >= 11 is 0.0139. The summed E-state index contributed by atoms with van der Waals surface area (Å²) in [6.45, 7) is 15.0. The maximum absolute atomic E-state index is 2.61. The van der Waals surface area contributed by atoms with Gasteiger partial charge in [0.05, 0.1) is 0 Å². The summed E-state index contributed by atoms with van der Waals surface area (Å²) in [4.78, 5) is 0. The standard InChI is InChI=1S/C9H20GeN2/c1-8(2,3)11-7-12(10-11)9(4,5)6/h7H2,1-6H3. The fourth-order valence-electron chi connectivity index (χ4n) is 0.997. The number of rotatable bonds is 0. The molecule has 1 fully saturated rings. The van der Waals surface area contributed by atoms with E-state index in [4.69, 9.17) is 0 Å². The Morgan fingerprint density at radius 3 is 1.25 bits per heavy atom. The molecular weight excluding hydrogens is 209 g/mol. The molecule has 0 bridgehead atoms. The third-order valence-corrected chi connectivity index (χ3v) is 6.57. The van der Waals surface area contributed by atoms with Crippen molar-refractivity contribution in [2.75, 3.05) is 6.67 Å². The van der Waals surface area contributed by atoms with Crippen molar-refractivity contribution in [2.24, 2.45) is 0 Å². The van der Waals surface area contributed by atoms with Gasteiger partial charge in [-0.2, -0.15) is 0 Å². The van der Waals surface area contributed by atoms with E-state index in [1.807, 2.05) is 0 Å². The number of nitrogens with zero attached hydrogens (tertiary/aromatic N) is 2. The van der Waals surface area contributed by atoms with E-state index < -0.39 is 0 Å². The molecule has 1 saturated heterocycles. The average molecular weight is 229 g/mol. The molecule has 2 radical (unpaired) electrons. The van der Waals surface area contributed by atoms with Crippen LogP contribution in [0.1, 0.15) is 41.5 Å². The Bertz CT molecular complexity index is 142. The van der Waals surface area contributed by atoms with Gasteiger partial charge in [0, 0.05) is 0 Å². The zero-order valence-electron chi connectivity index (χ0n) is 9.10. The van der Waals surface area contributed by atoms with Crippen LogP contribution in [0.2, 0.25) is 0 Å². The van der Waals surface area contributed by atoms with E-state index in [0.717, 1.165) is 0 Å². The SMILES string of the molecule is CC(C)(C)[N]1C[N](C(C)(C)C)[Ge]1. The van der Waals surface area contributed by atoms with E-state index in [0.29, 0.717) is 11.1 Å². The molecule has 70 valence electrons. The van der Waals surface area contributed by atoms with Gasteiger partial charge in [0.1, 0.15) is 0 Å². The van der Waals surface area contributed by atoms with E-state index in [2.05, 4.69) is 49.3 Å². The number of hydrogen-bond donors (Lipinski definition) is 0. The molecule has 0 N–H and O–H groups in total. The summed E-state index contributed by atoms with van der Waals surface area (Å²) in [7, 11) is 0. The summed E-state index contributed by atoms with van der Waals surface area (Å²) in [5, 5.41) is 0. The van der Waals surface area contributed by atoms with Gasteiger partial charge >= 0.3 is 82.9 Å². The second-order valence-electron chi connectivity index (χ2n) is 5.44. The second kappa shape index (κ2) is 3.00. The Morgan fingerprint density at radius 2 is 1.08 bits per heavy atom. The van der Waals surface area contributed by atoms with Crippen molar-refractivity contribution in [1.29, 1.82) is 0 Å². The second-order valence-corrected chi connectivity index (χ2v) is 8.12.